The first-order chi connectivity index (χ1) is 13.3. The van der Waals surface area contributed by atoms with E-state index in [9.17, 15) is 23.3 Å². The first-order valence-corrected chi connectivity index (χ1v) is 9.94. The normalized spacial score (nSPS) is 11.2. The predicted molar refractivity (Wildman–Crippen MR) is 107 cm³/mol. The van der Waals surface area contributed by atoms with Crippen LogP contribution >= 0.6 is 0 Å². The van der Waals surface area contributed by atoms with Crippen molar-refractivity contribution in [2.75, 3.05) is 16.5 Å². The summed E-state index contributed by atoms with van der Waals surface area (Å²) in [5, 5.41) is 17.9. The molecule has 3 aromatic rings. The molecule has 0 unspecified atom stereocenters. The van der Waals surface area contributed by atoms with Gasteiger partial charge in [0.1, 0.15) is 11.6 Å². The van der Waals surface area contributed by atoms with E-state index in [2.05, 4.69) is 10.6 Å². The smallest absolute Gasteiger partial charge is 0.295 e. The molecule has 0 saturated carbocycles. The molecule has 144 valence electrons. The Morgan fingerprint density at radius 1 is 1.04 bits per heavy atom. The lowest BCUT2D eigenvalue weighted by molar-refractivity contribution is -0.383. The summed E-state index contributed by atoms with van der Waals surface area (Å²) in [6.45, 7) is 1.30. The van der Waals surface area contributed by atoms with Gasteiger partial charge in [-0.3, -0.25) is 14.9 Å². The van der Waals surface area contributed by atoms with Crippen LogP contribution in [-0.2, 0) is 14.6 Å². The monoisotopic (exact) mass is 399 g/mol. The molecule has 8 nitrogen and oxygen atoms in total. The molecule has 2 N–H and O–H groups in total. The van der Waals surface area contributed by atoms with Crippen LogP contribution in [0.25, 0.3) is 10.8 Å². The first-order valence-electron chi connectivity index (χ1n) is 8.29. The minimum atomic E-state index is -3.70. The van der Waals surface area contributed by atoms with Gasteiger partial charge in [0.05, 0.1) is 15.5 Å². The number of carbonyl (C=O) groups is 1. The van der Waals surface area contributed by atoms with Gasteiger partial charge >= 0.3 is 0 Å². The largest absolute Gasteiger partial charge is 0.365 e. The zero-order chi connectivity index (χ0) is 20.3. The lowest BCUT2D eigenvalue weighted by Gasteiger charge is -2.14. The summed E-state index contributed by atoms with van der Waals surface area (Å²) in [5.41, 5.74) is 0.0335. The van der Waals surface area contributed by atoms with Crippen LogP contribution < -0.4 is 10.6 Å². The molecule has 3 aromatic carbocycles. The van der Waals surface area contributed by atoms with Crippen molar-refractivity contribution in [3.8, 4) is 0 Å². The third-order valence-electron chi connectivity index (χ3n) is 4.07. The predicted octanol–water partition coefficient (Wildman–Crippen LogP) is 3.55. The molecule has 0 aliphatic rings. The van der Waals surface area contributed by atoms with Crippen molar-refractivity contribution in [1.29, 1.82) is 0 Å². The second kappa shape index (κ2) is 7.65. The third-order valence-corrected chi connectivity index (χ3v) is 5.59. The van der Waals surface area contributed by atoms with Crippen molar-refractivity contribution in [3.05, 3.63) is 70.8 Å². The molecule has 1 amide bonds. The summed E-state index contributed by atoms with van der Waals surface area (Å²) in [6.07, 6.45) is 0. The Labute approximate surface area is 161 Å². The van der Waals surface area contributed by atoms with E-state index in [1.165, 1.54) is 25.1 Å². The number of benzene rings is 3. The van der Waals surface area contributed by atoms with Gasteiger partial charge in [-0.25, -0.2) is 8.42 Å². The number of hydrogen-bond donors (Lipinski definition) is 2. The second-order valence-corrected chi connectivity index (χ2v) is 8.04. The number of carbonyl (C=O) groups excluding carboxylic acids is 1. The van der Waals surface area contributed by atoms with E-state index in [-0.39, 0.29) is 27.9 Å². The second-order valence-electron chi connectivity index (χ2n) is 6.05. The number of amides is 1. The lowest BCUT2D eigenvalue weighted by atomic mass is 10.0. The average molecular weight is 399 g/mol. The van der Waals surface area contributed by atoms with Gasteiger partial charge in [0.2, 0.25) is 5.91 Å². The maximum Gasteiger partial charge on any atom is 0.295 e. The van der Waals surface area contributed by atoms with E-state index in [0.717, 1.165) is 0 Å². The van der Waals surface area contributed by atoms with E-state index in [0.29, 0.717) is 10.8 Å². The van der Waals surface area contributed by atoms with Gasteiger partial charge in [0.25, 0.3) is 5.69 Å². The van der Waals surface area contributed by atoms with E-state index < -0.39 is 20.6 Å². The number of nitro benzene ring substituents is 1. The molecular weight excluding hydrogens is 382 g/mol. The zero-order valence-electron chi connectivity index (χ0n) is 14.9. The van der Waals surface area contributed by atoms with E-state index in [1.54, 1.807) is 42.5 Å². The Morgan fingerprint density at radius 2 is 1.64 bits per heavy atom. The Kier molecular flexibility index (Phi) is 5.27. The molecular formula is C19H17N3O5S. The van der Waals surface area contributed by atoms with Gasteiger partial charge < -0.3 is 10.6 Å². The SMILES string of the molecule is CC(=O)Nc1cc([N+](=O)[O-])c(NCS(=O)(=O)c2ccccc2)c2ccccc12. The molecule has 0 aliphatic carbocycles. The standard InChI is InChI=1S/C19H17N3O5S/c1-13(23)21-17-11-18(22(24)25)19(16-10-6-5-9-15(16)17)20-12-28(26,27)14-7-3-2-4-8-14/h2-11,20H,12H2,1H3,(H,21,23). The highest BCUT2D eigenvalue weighted by Crippen LogP contribution is 2.38. The van der Waals surface area contributed by atoms with E-state index in [4.69, 9.17) is 0 Å². The Bertz CT molecular complexity index is 1160. The van der Waals surface area contributed by atoms with Crippen molar-refractivity contribution in [3.63, 3.8) is 0 Å². The van der Waals surface area contributed by atoms with Crippen LogP contribution in [0.2, 0.25) is 0 Å². The number of nitrogens with zero attached hydrogens (tertiary/aromatic N) is 1. The summed E-state index contributed by atoms with van der Waals surface area (Å²) >= 11 is 0. The van der Waals surface area contributed by atoms with Gasteiger partial charge in [-0.05, 0) is 12.1 Å². The fourth-order valence-electron chi connectivity index (χ4n) is 2.86. The number of sulfone groups is 1. The van der Waals surface area contributed by atoms with Crippen molar-refractivity contribution in [2.24, 2.45) is 0 Å². The lowest BCUT2D eigenvalue weighted by Crippen LogP contribution is -2.16. The molecule has 0 spiro atoms. The van der Waals surface area contributed by atoms with Crippen molar-refractivity contribution in [1.82, 2.24) is 0 Å². The van der Waals surface area contributed by atoms with Crippen LogP contribution in [0.5, 0.6) is 0 Å². The van der Waals surface area contributed by atoms with Crippen LogP contribution in [0.15, 0.2) is 65.6 Å². The Hall–Kier alpha value is -3.46. The third kappa shape index (κ3) is 3.94. The summed E-state index contributed by atoms with van der Waals surface area (Å²) in [6, 6.07) is 15.8. The maximum atomic E-state index is 12.5. The molecule has 0 aromatic heterocycles. The zero-order valence-corrected chi connectivity index (χ0v) is 15.7. The fraction of sp³-hybridized carbons (Fsp3) is 0.105. The van der Waals surface area contributed by atoms with Crippen LogP contribution in [0.4, 0.5) is 17.1 Å². The average Bonchev–Trinajstić information content (AvgIpc) is 2.67. The van der Waals surface area contributed by atoms with E-state index >= 15 is 0 Å². The fourth-order valence-corrected chi connectivity index (χ4v) is 3.93. The molecule has 0 fully saturated rings. The Morgan fingerprint density at radius 3 is 2.25 bits per heavy atom. The number of nitro groups is 1. The first kappa shape index (κ1) is 19.3. The highest BCUT2D eigenvalue weighted by atomic mass is 32.2. The van der Waals surface area contributed by atoms with Crippen LogP contribution in [0.1, 0.15) is 6.92 Å². The van der Waals surface area contributed by atoms with Crippen molar-refractivity contribution in [2.45, 2.75) is 11.8 Å². The molecule has 0 saturated heterocycles. The molecule has 0 heterocycles. The molecule has 28 heavy (non-hydrogen) atoms. The van der Waals surface area contributed by atoms with Crippen LogP contribution in [0, 0.1) is 10.1 Å². The van der Waals surface area contributed by atoms with Gasteiger partial charge in [0, 0.05) is 23.8 Å². The summed E-state index contributed by atoms with van der Waals surface area (Å²) in [5.74, 6) is -0.881. The molecule has 3 rings (SSSR count). The minimum absolute atomic E-state index is 0.0780. The Balaban J connectivity index is 2.09. The topological polar surface area (TPSA) is 118 Å². The molecule has 0 aliphatic heterocycles. The highest BCUT2D eigenvalue weighted by molar-refractivity contribution is 7.91. The van der Waals surface area contributed by atoms with E-state index in [1.807, 2.05) is 0 Å². The van der Waals surface area contributed by atoms with Gasteiger partial charge in [-0.1, -0.05) is 42.5 Å². The number of fused-ring (bicyclic) bond motifs is 1. The van der Waals surface area contributed by atoms with Crippen LogP contribution in [-0.4, -0.2) is 25.1 Å². The highest BCUT2D eigenvalue weighted by Gasteiger charge is 2.23. The maximum absolute atomic E-state index is 12.5. The summed E-state index contributed by atoms with van der Waals surface area (Å²) in [4.78, 5) is 22.6. The molecule has 0 radical (unpaired) electrons. The van der Waals surface area contributed by atoms with Crippen LogP contribution in [0.3, 0.4) is 0 Å². The van der Waals surface area contributed by atoms with Crippen molar-refractivity contribution >= 4 is 43.6 Å². The van der Waals surface area contributed by atoms with Gasteiger partial charge in [-0.2, -0.15) is 0 Å². The molecule has 9 heteroatoms. The number of nitrogens with one attached hydrogen (secondary N) is 2. The quantitative estimate of drug-likeness (QED) is 0.483. The van der Waals surface area contributed by atoms with Crippen molar-refractivity contribution < 1.29 is 18.1 Å². The summed E-state index contributed by atoms with van der Waals surface area (Å²) < 4.78 is 25.1. The molecule has 0 atom stereocenters. The molecule has 0 bridgehead atoms. The number of hydrogen-bond acceptors (Lipinski definition) is 6. The van der Waals surface area contributed by atoms with Gasteiger partial charge in [0.15, 0.2) is 9.84 Å². The number of anilines is 2. The van der Waals surface area contributed by atoms with Gasteiger partial charge in [-0.15, -0.1) is 0 Å². The number of rotatable bonds is 6. The minimum Gasteiger partial charge on any atom is -0.365 e. The summed E-state index contributed by atoms with van der Waals surface area (Å²) in [7, 11) is -3.70.